The highest BCUT2D eigenvalue weighted by atomic mass is 32.1. The van der Waals surface area contributed by atoms with Crippen LogP contribution in [0.2, 0.25) is 0 Å². The van der Waals surface area contributed by atoms with Crippen LogP contribution in [0.25, 0.3) is 0 Å². The Kier molecular flexibility index (Phi) is 4.02. The van der Waals surface area contributed by atoms with Crippen LogP contribution in [0.1, 0.15) is 40.4 Å². The van der Waals surface area contributed by atoms with Gasteiger partial charge >= 0.3 is 6.03 Å². The maximum absolute atomic E-state index is 12.3. The predicted octanol–water partition coefficient (Wildman–Crippen LogP) is 0.881. The highest BCUT2D eigenvalue weighted by Crippen LogP contribution is 2.27. The van der Waals surface area contributed by atoms with Crippen LogP contribution in [0.15, 0.2) is 6.07 Å². The van der Waals surface area contributed by atoms with Crippen LogP contribution >= 0.6 is 11.3 Å². The first-order valence-corrected chi connectivity index (χ1v) is 7.38. The lowest BCUT2D eigenvalue weighted by molar-refractivity contribution is -0.131. The summed E-state index contributed by atoms with van der Waals surface area (Å²) in [6.45, 7) is 5.55. The molecule has 2 heterocycles. The second kappa shape index (κ2) is 5.45. The van der Waals surface area contributed by atoms with Gasteiger partial charge in [-0.3, -0.25) is 19.9 Å². The van der Waals surface area contributed by atoms with Crippen molar-refractivity contribution in [2.24, 2.45) is 5.84 Å². The molecule has 1 fully saturated rings. The molecule has 0 radical (unpaired) electrons. The van der Waals surface area contributed by atoms with Gasteiger partial charge in [0, 0.05) is 4.88 Å². The smallest absolute Gasteiger partial charge is 0.323 e. The van der Waals surface area contributed by atoms with Gasteiger partial charge < -0.3 is 5.32 Å². The number of carbonyl (C=O) groups is 3. The van der Waals surface area contributed by atoms with Crippen molar-refractivity contribution in [1.29, 1.82) is 0 Å². The summed E-state index contributed by atoms with van der Waals surface area (Å²) in [5, 5.41) is 2.70. The molecule has 1 unspecified atom stereocenters. The Bertz CT molecular complexity index is 613. The Morgan fingerprint density at radius 3 is 2.71 bits per heavy atom. The summed E-state index contributed by atoms with van der Waals surface area (Å²) in [6, 6.07) is 1.25. The average Bonchev–Trinajstić information content (AvgIpc) is 2.92. The highest BCUT2D eigenvalue weighted by Gasteiger charge is 2.46. The predicted molar refractivity (Wildman–Crippen MR) is 78.5 cm³/mol. The van der Waals surface area contributed by atoms with Gasteiger partial charge in [0.2, 0.25) is 0 Å². The molecule has 0 spiro atoms. The van der Waals surface area contributed by atoms with E-state index in [0.29, 0.717) is 11.3 Å². The first kappa shape index (κ1) is 15.5. The van der Waals surface area contributed by atoms with Crippen LogP contribution in [-0.2, 0) is 11.3 Å². The van der Waals surface area contributed by atoms with Crippen LogP contribution in [0.3, 0.4) is 0 Å². The molecule has 1 aliphatic rings. The summed E-state index contributed by atoms with van der Waals surface area (Å²) >= 11 is 1.28. The Balaban J connectivity index is 2.23. The zero-order valence-electron chi connectivity index (χ0n) is 12.1. The van der Waals surface area contributed by atoms with Gasteiger partial charge in [0.15, 0.2) is 0 Å². The van der Waals surface area contributed by atoms with E-state index < -0.39 is 11.6 Å². The number of thiophene rings is 1. The van der Waals surface area contributed by atoms with Gasteiger partial charge in [-0.2, -0.15) is 0 Å². The third-order valence-corrected chi connectivity index (χ3v) is 4.85. The largest absolute Gasteiger partial charge is 0.325 e. The number of imide groups is 1. The molecule has 8 heteroatoms. The van der Waals surface area contributed by atoms with Gasteiger partial charge in [0.05, 0.1) is 11.4 Å². The van der Waals surface area contributed by atoms with E-state index in [9.17, 15) is 14.4 Å². The number of urea groups is 1. The molecule has 21 heavy (non-hydrogen) atoms. The summed E-state index contributed by atoms with van der Waals surface area (Å²) in [7, 11) is 0. The number of aryl methyl sites for hydroxylation is 1. The fourth-order valence-electron chi connectivity index (χ4n) is 2.16. The van der Waals surface area contributed by atoms with Crippen LogP contribution in [0.4, 0.5) is 4.79 Å². The minimum Gasteiger partial charge on any atom is -0.323 e. The lowest BCUT2D eigenvalue weighted by atomic mass is 9.99. The number of hydrazine groups is 1. The molecule has 1 aromatic rings. The summed E-state index contributed by atoms with van der Waals surface area (Å²) in [4.78, 5) is 38.3. The second-order valence-electron chi connectivity index (χ2n) is 5.17. The number of carbonyl (C=O) groups excluding carboxylic acids is 3. The van der Waals surface area contributed by atoms with Gasteiger partial charge in [-0.1, -0.05) is 6.92 Å². The SMILES string of the molecule is CCC1(C)NC(=O)N(Cc2cc(C(=O)NN)sc2C)C1=O. The minimum atomic E-state index is -0.849. The second-order valence-corrected chi connectivity index (χ2v) is 6.43. The minimum absolute atomic E-state index is 0.153. The standard InChI is InChI=1S/C13H18N4O3S/c1-4-13(3)11(19)17(12(20)15-13)6-8-5-9(10(18)16-14)21-7(8)2/h5H,4,6,14H2,1-3H3,(H,15,20)(H,16,18). The Labute approximate surface area is 126 Å². The van der Waals surface area contributed by atoms with Gasteiger partial charge in [0.1, 0.15) is 5.54 Å². The van der Waals surface area contributed by atoms with E-state index in [0.717, 1.165) is 10.4 Å². The number of nitrogen functional groups attached to an aromatic ring is 1. The Morgan fingerprint density at radius 2 is 2.19 bits per heavy atom. The van der Waals surface area contributed by atoms with Crippen molar-refractivity contribution in [3.63, 3.8) is 0 Å². The highest BCUT2D eigenvalue weighted by molar-refractivity contribution is 7.14. The number of hydrogen-bond donors (Lipinski definition) is 3. The van der Waals surface area contributed by atoms with E-state index in [2.05, 4.69) is 10.7 Å². The number of nitrogens with zero attached hydrogens (tertiary/aromatic N) is 1. The van der Waals surface area contributed by atoms with Crippen LogP contribution in [0, 0.1) is 6.92 Å². The van der Waals surface area contributed by atoms with Crippen LogP contribution in [-0.4, -0.2) is 28.3 Å². The Hall–Kier alpha value is -1.93. The molecule has 1 atom stereocenters. The molecule has 0 saturated carbocycles. The quantitative estimate of drug-likeness (QED) is 0.332. The van der Waals surface area contributed by atoms with Crippen molar-refractivity contribution in [1.82, 2.24) is 15.6 Å². The third kappa shape index (κ3) is 2.64. The fourth-order valence-corrected chi connectivity index (χ4v) is 3.10. The normalized spacial score (nSPS) is 21.6. The number of amides is 4. The molecule has 0 aliphatic carbocycles. The third-order valence-electron chi connectivity index (χ3n) is 3.76. The van der Waals surface area contributed by atoms with E-state index in [1.165, 1.54) is 16.2 Å². The molecule has 2 rings (SSSR count). The number of rotatable bonds is 4. The molecule has 1 aliphatic heterocycles. The molecule has 0 aromatic carbocycles. The lowest BCUT2D eigenvalue weighted by Crippen LogP contribution is -2.43. The molecular formula is C13H18N4O3S. The average molecular weight is 310 g/mol. The van der Waals surface area contributed by atoms with Crippen molar-refractivity contribution >= 4 is 29.2 Å². The number of nitrogens with one attached hydrogen (secondary N) is 2. The summed E-state index contributed by atoms with van der Waals surface area (Å²) in [5.74, 6) is 4.47. The van der Waals surface area contributed by atoms with Gasteiger partial charge in [-0.05, 0) is 31.9 Å². The van der Waals surface area contributed by atoms with E-state index in [-0.39, 0.29) is 18.4 Å². The van der Waals surface area contributed by atoms with Gasteiger partial charge in [-0.15, -0.1) is 11.3 Å². The number of nitrogens with two attached hydrogens (primary N) is 1. The van der Waals surface area contributed by atoms with Crippen LogP contribution in [0.5, 0.6) is 0 Å². The zero-order valence-corrected chi connectivity index (χ0v) is 13.0. The number of hydrogen-bond acceptors (Lipinski definition) is 5. The molecule has 1 saturated heterocycles. The topological polar surface area (TPSA) is 105 Å². The van der Waals surface area contributed by atoms with Crippen LogP contribution < -0.4 is 16.6 Å². The first-order valence-electron chi connectivity index (χ1n) is 6.56. The first-order chi connectivity index (χ1) is 9.82. The van der Waals surface area contributed by atoms with E-state index >= 15 is 0 Å². The van der Waals surface area contributed by atoms with Crippen molar-refractivity contribution in [3.8, 4) is 0 Å². The molecule has 1 aromatic heterocycles. The summed E-state index contributed by atoms with van der Waals surface area (Å²) in [6.07, 6.45) is 0.525. The van der Waals surface area contributed by atoms with E-state index in [4.69, 9.17) is 5.84 Å². The summed E-state index contributed by atoms with van der Waals surface area (Å²) < 4.78 is 0. The van der Waals surface area contributed by atoms with Crippen molar-refractivity contribution in [2.45, 2.75) is 39.3 Å². The lowest BCUT2D eigenvalue weighted by Gasteiger charge is -2.19. The van der Waals surface area contributed by atoms with Crippen molar-refractivity contribution < 1.29 is 14.4 Å². The van der Waals surface area contributed by atoms with Gasteiger partial charge in [-0.25, -0.2) is 10.6 Å². The molecule has 4 amide bonds. The molecule has 4 N–H and O–H groups in total. The monoisotopic (exact) mass is 310 g/mol. The maximum Gasteiger partial charge on any atom is 0.325 e. The molecule has 0 bridgehead atoms. The molecular weight excluding hydrogens is 292 g/mol. The van der Waals surface area contributed by atoms with Gasteiger partial charge in [0.25, 0.3) is 11.8 Å². The maximum atomic E-state index is 12.3. The van der Waals surface area contributed by atoms with Crippen molar-refractivity contribution in [2.75, 3.05) is 0 Å². The van der Waals surface area contributed by atoms with E-state index in [1.54, 1.807) is 13.0 Å². The summed E-state index contributed by atoms with van der Waals surface area (Å²) in [5.41, 5.74) is 1.98. The zero-order chi connectivity index (χ0) is 15.8. The van der Waals surface area contributed by atoms with Crippen molar-refractivity contribution in [3.05, 3.63) is 21.4 Å². The molecule has 114 valence electrons. The molecule has 7 nitrogen and oxygen atoms in total. The fraction of sp³-hybridized carbons (Fsp3) is 0.462. The Morgan fingerprint density at radius 1 is 1.52 bits per heavy atom. The van der Waals surface area contributed by atoms with E-state index in [1.807, 2.05) is 13.8 Å².